The Morgan fingerprint density at radius 1 is 1.14 bits per heavy atom. The van der Waals surface area contributed by atoms with Gasteiger partial charge in [-0.25, -0.2) is 9.69 Å². The molecule has 0 aromatic heterocycles. The van der Waals surface area contributed by atoms with Crippen molar-refractivity contribution in [3.8, 4) is 0 Å². The van der Waals surface area contributed by atoms with E-state index in [2.05, 4.69) is 0 Å². The summed E-state index contributed by atoms with van der Waals surface area (Å²) in [5, 5.41) is 9.22. The zero-order valence-corrected chi connectivity index (χ0v) is 12.2. The van der Waals surface area contributed by atoms with Crippen LogP contribution in [0.3, 0.4) is 0 Å². The van der Waals surface area contributed by atoms with Crippen molar-refractivity contribution in [3.05, 3.63) is 40.9 Å². The molecule has 1 aliphatic heterocycles. The van der Waals surface area contributed by atoms with Crippen LogP contribution >= 0.6 is 11.6 Å². The number of imide groups is 1. The van der Waals surface area contributed by atoms with Crippen molar-refractivity contribution in [3.63, 3.8) is 0 Å². The summed E-state index contributed by atoms with van der Waals surface area (Å²) < 4.78 is 0. The molecule has 2 aliphatic carbocycles. The van der Waals surface area contributed by atoms with E-state index < -0.39 is 5.97 Å². The first kappa shape index (κ1) is 13.5. The third-order valence-electron chi connectivity index (χ3n) is 4.91. The Morgan fingerprint density at radius 3 is 2.27 bits per heavy atom. The van der Waals surface area contributed by atoms with Crippen molar-refractivity contribution in [1.82, 2.24) is 0 Å². The summed E-state index contributed by atoms with van der Waals surface area (Å²) in [5.41, 5.74) is 0.170. The summed E-state index contributed by atoms with van der Waals surface area (Å²) in [4.78, 5) is 37.6. The van der Waals surface area contributed by atoms with Crippen LogP contribution in [-0.2, 0) is 9.59 Å². The minimum absolute atomic E-state index is 0.0808. The minimum Gasteiger partial charge on any atom is -0.478 e. The molecule has 22 heavy (non-hydrogen) atoms. The lowest BCUT2D eigenvalue weighted by Crippen LogP contribution is -2.33. The molecule has 1 aromatic rings. The zero-order valence-electron chi connectivity index (χ0n) is 11.4. The Hall–Kier alpha value is -2.14. The number of nitrogens with zero attached hydrogens (tertiary/aromatic N) is 1. The van der Waals surface area contributed by atoms with E-state index in [0.29, 0.717) is 0 Å². The van der Waals surface area contributed by atoms with Crippen molar-refractivity contribution >= 4 is 35.1 Å². The van der Waals surface area contributed by atoms with Gasteiger partial charge in [-0.05, 0) is 36.5 Å². The zero-order chi connectivity index (χ0) is 15.6. The number of anilines is 1. The van der Waals surface area contributed by atoms with Gasteiger partial charge in [-0.2, -0.15) is 0 Å². The fourth-order valence-corrected chi connectivity index (χ4v) is 4.17. The lowest BCUT2D eigenvalue weighted by atomic mass is 9.85. The number of carboxylic acids is 1. The summed E-state index contributed by atoms with van der Waals surface area (Å²) in [6.45, 7) is 0. The van der Waals surface area contributed by atoms with Crippen LogP contribution in [0.4, 0.5) is 5.69 Å². The van der Waals surface area contributed by atoms with Gasteiger partial charge in [0, 0.05) is 0 Å². The van der Waals surface area contributed by atoms with E-state index in [0.717, 1.165) is 11.3 Å². The smallest absolute Gasteiger partial charge is 0.337 e. The Morgan fingerprint density at radius 2 is 1.73 bits per heavy atom. The predicted molar refractivity (Wildman–Crippen MR) is 78.6 cm³/mol. The van der Waals surface area contributed by atoms with Gasteiger partial charge in [-0.1, -0.05) is 23.8 Å². The van der Waals surface area contributed by atoms with Crippen LogP contribution in [0.2, 0.25) is 5.02 Å². The Kier molecular flexibility index (Phi) is 2.72. The summed E-state index contributed by atoms with van der Waals surface area (Å²) in [7, 11) is 0. The largest absolute Gasteiger partial charge is 0.478 e. The summed E-state index contributed by atoms with van der Waals surface area (Å²) in [6, 6.07) is 4.21. The first-order valence-electron chi connectivity index (χ1n) is 7.08. The monoisotopic (exact) mass is 317 g/mol. The predicted octanol–water partition coefficient (Wildman–Crippen LogP) is 2.35. The fraction of sp³-hybridized carbons (Fsp3) is 0.312. The summed E-state index contributed by atoms with van der Waals surface area (Å²) in [5.74, 6) is -1.99. The quantitative estimate of drug-likeness (QED) is 0.671. The van der Waals surface area contributed by atoms with Crippen LogP contribution < -0.4 is 4.90 Å². The van der Waals surface area contributed by atoms with Gasteiger partial charge in [-0.15, -0.1) is 0 Å². The van der Waals surface area contributed by atoms with Gasteiger partial charge in [0.25, 0.3) is 0 Å². The van der Waals surface area contributed by atoms with Crippen LogP contribution in [0.1, 0.15) is 16.8 Å². The molecule has 4 atom stereocenters. The number of halogens is 1. The van der Waals surface area contributed by atoms with Crippen molar-refractivity contribution in [2.45, 2.75) is 6.42 Å². The molecule has 6 heteroatoms. The SMILES string of the molecule is O=C(O)c1cc(N2C(=O)[C@@H]3[C@@H](C2=O)[C@H]2C=C[C@@H]3C2)ccc1Cl. The Bertz CT molecular complexity index is 727. The number of aromatic carboxylic acids is 1. The molecule has 2 amide bonds. The molecule has 1 saturated carbocycles. The first-order valence-corrected chi connectivity index (χ1v) is 7.46. The number of amides is 2. The van der Waals surface area contributed by atoms with Gasteiger partial charge in [0.1, 0.15) is 0 Å². The van der Waals surface area contributed by atoms with Crippen LogP contribution in [-0.4, -0.2) is 22.9 Å². The second-order valence-electron chi connectivity index (χ2n) is 5.98. The number of allylic oxidation sites excluding steroid dienone is 2. The van der Waals surface area contributed by atoms with E-state index in [4.69, 9.17) is 16.7 Å². The topological polar surface area (TPSA) is 74.7 Å². The first-order chi connectivity index (χ1) is 10.5. The Labute approximate surface area is 131 Å². The van der Waals surface area contributed by atoms with Crippen molar-refractivity contribution in [2.75, 3.05) is 4.90 Å². The Balaban J connectivity index is 1.76. The minimum atomic E-state index is -1.19. The maximum Gasteiger partial charge on any atom is 0.337 e. The number of hydrogen-bond acceptors (Lipinski definition) is 3. The molecule has 0 radical (unpaired) electrons. The van der Waals surface area contributed by atoms with Crippen LogP contribution in [0, 0.1) is 23.7 Å². The van der Waals surface area contributed by atoms with E-state index in [-0.39, 0.29) is 51.8 Å². The van der Waals surface area contributed by atoms with E-state index >= 15 is 0 Å². The van der Waals surface area contributed by atoms with E-state index in [9.17, 15) is 14.4 Å². The van der Waals surface area contributed by atoms with Crippen molar-refractivity contribution in [2.24, 2.45) is 23.7 Å². The molecule has 2 fully saturated rings. The number of fused-ring (bicyclic) bond motifs is 5. The molecule has 1 aromatic carbocycles. The molecule has 2 bridgehead atoms. The van der Waals surface area contributed by atoms with E-state index in [1.807, 2.05) is 12.2 Å². The number of carbonyl (C=O) groups excluding carboxylic acids is 2. The second-order valence-corrected chi connectivity index (χ2v) is 6.39. The van der Waals surface area contributed by atoms with E-state index in [1.165, 1.54) is 18.2 Å². The number of carbonyl (C=O) groups is 3. The van der Waals surface area contributed by atoms with Crippen LogP contribution in [0.15, 0.2) is 30.4 Å². The van der Waals surface area contributed by atoms with Gasteiger partial charge in [-0.3, -0.25) is 9.59 Å². The molecule has 112 valence electrons. The summed E-state index contributed by atoms with van der Waals surface area (Å²) in [6.07, 6.45) is 4.90. The van der Waals surface area contributed by atoms with E-state index in [1.54, 1.807) is 0 Å². The summed E-state index contributed by atoms with van der Waals surface area (Å²) >= 11 is 5.84. The highest BCUT2D eigenvalue weighted by Crippen LogP contribution is 2.53. The van der Waals surface area contributed by atoms with Gasteiger partial charge >= 0.3 is 5.97 Å². The molecule has 3 aliphatic rings. The average molecular weight is 318 g/mol. The number of benzene rings is 1. The van der Waals surface area contributed by atoms with Crippen molar-refractivity contribution < 1.29 is 19.5 Å². The number of hydrogen-bond donors (Lipinski definition) is 1. The van der Waals surface area contributed by atoms with Crippen LogP contribution in [0.5, 0.6) is 0 Å². The molecule has 1 N–H and O–H groups in total. The lowest BCUT2D eigenvalue weighted by molar-refractivity contribution is -0.123. The molecule has 0 spiro atoms. The average Bonchev–Trinajstić information content (AvgIpc) is 3.14. The van der Waals surface area contributed by atoms with Gasteiger partial charge < -0.3 is 5.11 Å². The molecular weight excluding hydrogens is 306 g/mol. The van der Waals surface area contributed by atoms with Gasteiger partial charge in [0.2, 0.25) is 11.8 Å². The molecule has 4 rings (SSSR count). The highest BCUT2D eigenvalue weighted by atomic mass is 35.5. The molecule has 1 heterocycles. The second kappa shape index (κ2) is 4.43. The third kappa shape index (κ3) is 1.63. The molecule has 1 saturated heterocycles. The highest BCUT2D eigenvalue weighted by molar-refractivity contribution is 6.34. The third-order valence-corrected chi connectivity index (χ3v) is 5.24. The molecule has 5 nitrogen and oxygen atoms in total. The van der Waals surface area contributed by atoms with Crippen LogP contribution in [0.25, 0.3) is 0 Å². The fourth-order valence-electron chi connectivity index (χ4n) is 3.97. The maximum atomic E-state index is 12.6. The standard InChI is InChI=1S/C16H12ClNO4/c17-11-4-3-9(6-10(11)16(21)22)18-14(19)12-7-1-2-8(5-7)13(12)15(18)20/h1-4,6-8,12-13H,5H2,(H,21,22)/t7-,8+,12-,13-/m0/s1. The van der Waals surface area contributed by atoms with Crippen molar-refractivity contribution in [1.29, 1.82) is 0 Å². The van der Waals surface area contributed by atoms with Gasteiger partial charge in [0.15, 0.2) is 0 Å². The number of carboxylic acid groups (broad SMARTS) is 1. The highest BCUT2D eigenvalue weighted by Gasteiger charge is 2.59. The lowest BCUT2D eigenvalue weighted by Gasteiger charge is -2.18. The normalized spacial score (nSPS) is 32.0. The maximum absolute atomic E-state index is 12.6. The number of rotatable bonds is 2. The molecule has 0 unspecified atom stereocenters. The molecular formula is C16H12ClNO4. The van der Waals surface area contributed by atoms with Gasteiger partial charge in [0.05, 0.1) is 28.1 Å².